The Morgan fingerprint density at radius 3 is 2.38 bits per heavy atom. The van der Waals surface area contributed by atoms with Gasteiger partial charge in [-0.15, -0.1) is 0 Å². The van der Waals surface area contributed by atoms with E-state index < -0.39 is 15.9 Å². The molecule has 0 bridgehead atoms. The molecule has 32 heavy (non-hydrogen) atoms. The summed E-state index contributed by atoms with van der Waals surface area (Å²) in [7, 11) is -3.31. The molecular formula is C25H25N3O3S. The highest BCUT2D eigenvalue weighted by atomic mass is 32.2. The molecule has 0 spiro atoms. The molecule has 0 aliphatic carbocycles. The van der Waals surface area contributed by atoms with Crippen LogP contribution in [0.15, 0.2) is 72.2 Å². The Kier molecular flexibility index (Phi) is 5.84. The fourth-order valence-corrected chi connectivity index (χ4v) is 5.13. The van der Waals surface area contributed by atoms with E-state index in [1.165, 1.54) is 16.4 Å². The number of rotatable bonds is 5. The van der Waals surface area contributed by atoms with Gasteiger partial charge in [0, 0.05) is 28.4 Å². The largest absolute Gasteiger partial charge is 0.301 e. The maximum Gasteiger partial charge on any atom is 0.251 e. The van der Waals surface area contributed by atoms with Gasteiger partial charge >= 0.3 is 0 Å². The first-order chi connectivity index (χ1) is 15.2. The first-order valence-electron chi connectivity index (χ1n) is 10.4. The third kappa shape index (κ3) is 4.43. The average Bonchev–Trinajstić information content (AvgIpc) is 3.26. The molecule has 0 saturated carbocycles. The molecule has 1 atom stereocenters. The van der Waals surface area contributed by atoms with Crippen molar-refractivity contribution in [2.75, 3.05) is 10.7 Å². The van der Waals surface area contributed by atoms with Crippen molar-refractivity contribution in [2.24, 2.45) is 0 Å². The van der Waals surface area contributed by atoms with Crippen LogP contribution in [0.2, 0.25) is 0 Å². The zero-order valence-corrected chi connectivity index (χ0v) is 19.1. The number of aryl methyl sites for hydroxylation is 2. The number of para-hydroxylation sites is 1. The van der Waals surface area contributed by atoms with Gasteiger partial charge in [-0.1, -0.05) is 35.9 Å². The van der Waals surface area contributed by atoms with Crippen LogP contribution in [0.25, 0.3) is 11.8 Å². The number of carbonyl (C=O) groups excluding carboxylic acids is 1. The zero-order chi connectivity index (χ0) is 22.9. The predicted molar refractivity (Wildman–Crippen MR) is 127 cm³/mol. The predicted octanol–water partition coefficient (Wildman–Crippen LogP) is 4.15. The van der Waals surface area contributed by atoms with Gasteiger partial charge < -0.3 is 4.90 Å². The molecule has 1 amide bonds. The molecule has 0 N–H and O–H groups in total. The summed E-state index contributed by atoms with van der Waals surface area (Å²) in [5.41, 5.74) is 5.25. The smallest absolute Gasteiger partial charge is 0.251 e. The molecule has 2 heterocycles. The van der Waals surface area contributed by atoms with Gasteiger partial charge in [0.1, 0.15) is 0 Å². The fourth-order valence-electron chi connectivity index (χ4n) is 3.86. The summed E-state index contributed by atoms with van der Waals surface area (Å²) in [6, 6.07) is 16.7. The van der Waals surface area contributed by atoms with Crippen LogP contribution in [0.5, 0.6) is 0 Å². The second-order valence-corrected chi connectivity index (χ2v) is 9.87. The van der Waals surface area contributed by atoms with E-state index in [-0.39, 0.29) is 11.7 Å². The van der Waals surface area contributed by atoms with Crippen LogP contribution in [0.4, 0.5) is 5.69 Å². The minimum atomic E-state index is -3.31. The molecule has 0 fully saturated rings. The summed E-state index contributed by atoms with van der Waals surface area (Å²) in [6.07, 6.45) is 4.82. The second kappa shape index (κ2) is 8.59. The average molecular weight is 448 g/mol. The van der Waals surface area contributed by atoms with E-state index in [1.807, 2.05) is 80.1 Å². The van der Waals surface area contributed by atoms with Gasteiger partial charge in [-0.2, -0.15) is 5.10 Å². The van der Waals surface area contributed by atoms with E-state index in [1.54, 1.807) is 12.2 Å². The molecule has 1 aliphatic heterocycles. The third-order valence-corrected chi connectivity index (χ3v) is 6.91. The van der Waals surface area contributed by atoms with Gasteiger partial charge in [0.2, 0.25) is 0 Å². The van der Waals surface area contributed by atoms with Crippen LogP contribution >= 0.6 is 0 Å². The van der Waals surface area contributed by atoms with Gasteiger partial charge in [0.15, 0.2) is 9.84 Å². The number of hydrogen-bond donors (Lipinski definition) is 0. The number of anilines is 1. The monoisotopic (exact) mass is 447 g/mol. The maximum atomic E-state index is 13.3. The molecule has 7 heteroatoms. The van der Waals surface area contributed by atoms with Crippen LogP contribution in [-0.2, 0) is 14.6 Å². The summed E-state index contributed by atoms with van der Waals surface area (Å²) in [6.45, 7) is 5.83. The van der Waals surface area contributed by atoms with Crippen molar-refractivity contribution < 1.29 is 13.2 Å². The van der Waals surface area contributed by atoms with Crippen molar-refractivity contribution in [3.05, 3.63) is 94.7 Å². The minimum absolute atomic E-state index is 0.121. The zero-order valence-electron chi connectivity index (χ0n) is 18.3. The Bertz CT molecular complexity index is 1300. The van der Waals surface area contributed by atoms with Crippen molar-refractivity contribution in [2.45, 2.75) is 26.8 Å². The summed E-state index contributed by atoms with van der Waals surface area (Å²) in [4.78, 5) is 14.8. The summed E-state index contributed by atoms with van der Waals surface area (Å²) >= 11 is 0. The molecule has 1 unspecified atom stereocenters. The molecule has 0 saturated heterocycles. The first-order valence-corrected chi connectivity index (χ1v) is 12.1. The lowest BCUT2D eigenvalue weighted by Crippen LogP contribution is -2.40. The molecule has 1 aliphatic rings. The molecule has 1 aromatic heterocycles. The number of hydrogen-bond acceptors (Lipinski definition) is 4. The Balaban J connectivity index is 1.66. The van der Waals surface area contributed by atoms with E-state index in [2.05, 4.69) is 5.10 Å². The highest BCUT2D eigenvalue weighted by molar-refractivity contribution is 7.94. The molecule has 0 radical (unpaired) electrons. The molecule has 3 aromatic rings. The highest BCUT2D eigenvalue weighted by Crippen LogP contribution is 2.25. The molecule has 6 nitrogen and oxygen atoms in total. The van der Waals surface area contributed by atoms with Gasteiger partial charge in [0.25, 0.3) is 5.91 Å². The van der Waals surface area contributed by atoms with Crippen molar-refractivity contribution in [3.63, 3.8) is 0 Å². The van der Waals surface area contributed by atoms with Gasteiger partial charge in [0.05, 0.1) is 23.2 Å². The SMILES string of the molecule is Cc1ccc(N(C(=O)/C=C/c2c(C)nn(-c3ccccc3)c2C)C2C=CS(=O)(=O)C2)cc1. The van der Waals surface area contributed by atoms with Gasteiger partial charge in [-0.25, -0.2) is 13.1 Å². The molecule has 164 valence electrons. The Morgan fingerprint density at radius 2 is 1.75 bits per heavy atom. The molecule has 4 rings (SSSR count). The van der Waals surface area contributed by atoms with E-state index in [0.29, 0.717) is 5.69 Å². The lowest BCUT2D eigenvalue weighted by molar-refractivity contribution is -0.114. The summed E-state index contributed by atoms with van der Waals surface area (Å²) in [5, 5.41) is 5.81. The number of benzene rings is 2. The summed E-state index contributed by atoms with van der Waals surface area (Å²) < 4.78 is 25.9. The normalized spacial score (nSPS) is 17.2. The Hall–Kier alpha value is -3.45. The quantitative estimate of drug-likeness (QED) is 0.551. The summed E-state index contributed by atoms with van der Waals surface area (Å²) in [5.74, 6) is -0.406. The van der Waals surface area contributed by atoms with E-state index in [4.69, 9.17) is 0 Å². The molecular weight excluding hydrogens is 422 g/mol. The van der Waals surface area contributed by atoms with E-state index >= 15 is 0 Å². The van der Waals surface area contributed by atoms with Crippen LogP contribution in [0.1, 0.15) is 22.5 Å². The Morgan fingerprint density at radius 1 is 1.06 bits per heavy atom. The van der Waals surface area contributed by atoms with Crippen LogP contribution in [0, 0.1) is 20.8 Å². The van der Waals surface area contributed by atoms with E-state index in [9.17, 15) is 13.2 Å². The molecule has 2 aromatic carbocycles. The van der Waals surface area contributed by atoms with Crippen molar-refractivity contribution in [1.82, 2.24) is 9.78 Å². The van der Waals surface area contributed by atoms with Crippen LogP contribution in [-0.4, -0.2) is 35.9 Å². The van der Waals surface area contributed by atoms with Crippen LogP contribution in [0.3, 0.4) is 0 Å². The number of amides is 1. The second-order valence-electron chi connectivity index (χ2n) is 7.93. The number of aromatic nitrogens is 2. The van der Waals surface area contributed by atoms with Gasteiger partial charge in [-0.05, 0) is 57.2 Å². The standard InChI is InChI=1S/C25H25N3O3S/c1-18-9-11-21(12-10-18)27(23-15-16-32(30,31)17-23)25(29)14-13-24-19(2)26-28(20(24)3)22-7-5-4-6-8-22/h4-16,23H,17H2,1-3H3/b14-13+. The number of sulfone groups is 1. The van der Waals surface area contributed by atoms with Crippen molar-refractivity contribution in [3.8, 4) is 5.69 Å². The Labute approximate surface area is 188 Å². The third-order valence-electron chi connectivity index (χ3n) is 5.53. The highest BCUT2D eigenvalue weighted by Gasteiger charge is 2.30. The van der Waals surface area contributed by atoms with Crippen molar-refractivity contribution >= 4 is 27.5 Å². The lowest BCUT2D eigenvalue weighted by atomic mass is 10.1. The van der Waals surface area contributed by atoms with E-state index in [0.717, 1.165) is 28.2 Å². The first kappa shape index (κ1) is 21.8. The fraction of sp³-hybridized carbons (Fsp3) is 0.200. The lowest BCUT2D eigenvalue weighted by Gasteiger charge is -2.26. The minimum Gasteiger partial charge on any atom is -0.301 e. The van der Waals surface area contributed by atoms with Crippen molar-refractivity contribution in [1.29, 1.82) is 0 Å². The topological polar surface area (TPSA) is 72.3 Å². The maximum absolute atomic E-state index is 13.3. The number of carbonyl (C=O) groups is 1. The number of nitrogens with zero attached hydrogens (tertiary/aromatic N) is 3. The van der Waals surface area contributed by atoms with Gasteiger partial charge in [-0.3, -0.25) is 4.79 Å². The van der Waals surface area contributed by atoms with Crippen LogP contribution < -0.4 is 4.90 Å².